The summed E-state index contributed by atoms with van der Waals surface area (Å²) in [4.78, 5) is 4.07. The van der Waals surface area contributed by atoms with Crippen molar-refractivity contribution in [2.45, 2.75) is 0 Å². The number of halogens is 2. The highest BCUT2D eigenvalue weighted by atomic mass is 35.5. The van der Waals surface area contributed by atoms with Crippen LogP contribution >= 0.6 is 23.2 Å². The molecule has 0 aliphatic heterocycles. The molecule has 17 heavy (non-hydrogen) atoms. The van der Waals surface area contributed by atoms with Crippen LogP contribution < -0.4 is 5.32 Å². The van der Waals surface area contributed by atoms with Gasteiger partial charge in [0.2, 0.25) is 0 Å². The van der Waals surface area contributed by atoms with Crippen LogP contribution in [0.5, 0.6) is 0 Å². The number of hydrogen-bond donors (Lipinski definition) is 1. The summed E-state index contributed by atoms with van der Waals surface area (Å²) in [5.41, 5.74) is 1.16. The summed E-state index contributed by atoms with van der Waals surface area (Å²) in [6.45, 7) is 0. The van der Waals surface area contributed by atoms with Crippen LogP contribution in [-0.4, -0.2) is 4.98 Å². The molecule has 1 aromatic carbocycles. The van der Waals surface area contributed by atoms with Gasteiger partial charge in [0.15, 0.2) is 0 Å². The number of aromatic nitrogens is 1. The molecule has 1 heterocycles. The van der Waals surface area contributed by atoms with E-state index in [1.807, 2.05) is 18.2 Å². The standard InChI is InChI=1S/C12H7Cl2N3/c13-9-2-1-3-10(4-9)17-12-5-11(14)8(6-15)7-16-12/h1-5,7H,(H,16,17). The van der Waals surface area contributed by atoms with Gasteiger partial charge in [-0.05, 0) is 18.2 Å². The van der Waals surface area contributed by atoms with Crippen LogP contribution in [0.2, 0.25) is 10.0 Å². The van der Waals surface area contributed by atoms with Gasteiger partial charge in [-0.1, -0.05) is 29.3 Å². The van der Waals surface area contributed by atoms with Crippen LogP contribution in [0, 0.1) is 11.3 Å². The van der Waals surface area contributed by atoms with Crippen molar-refractivity contribution in [1.29, 1.82) is 5.26 Å². The van der Waals surface area contributed by atoms with Crippen molar-refractivity contribution in [1.82, 2.24) is 4.98 Å². The van der Waals surface area contributed by atoms with E-state index in [-0.39, 0.29) is 0 Å². The smallest absolute Gasteiger partial charge is 0.131 e. The van der Waals surface area contributed by atoms with E-state index in [0.29, 0.717) is 21.4 Å². The molecule has 0 aliphatic rings. The zero-order chi connectivity index (χ0) is 12.3. The molecule has 0 amide bonds. The second-order valence-corrected chi connectivity index (χ2v) is 4.14. The van der Waals surface area contributed by atoms with Gasteiger partial charge in [-0.15, -0.1) is 0 Å². The third-order valence-corrected chi connectivity index (χ3v) is 2.62. The average molecular weight is 264 g/mol. The Labute approximate surface area is 109 Å². The Hall–Kier alpha value is -1.76. The van der Waals surface area contributed by atoms with Crippen LogP contribution in [0.3, 0.4) is 0 Å². The Morgan fingerprint density at radius 1 is 1.24 bits per heavy atom. The molecule has 0 bridgehead atoms. The van der Waals surface area contributed by atoms with Gasteiger partial charge < -0.3 is 5.32 Å². The highest BCUT2D eigenvalue weighted by Crippen LogP contribution is 2.22. The average Bonchev–Trinajstić information content (AvgIpc) is 2.29. The maximum Gasteiger partial charge on any atom is 0.131 e. The summed E-state index contributed by atoms with van der Waals surface area (Å²) >= 11 is 11.8. The topological polar surface area (TPSA) is 48.7 Å². The number of pyridine rings is 1. The maximum absolute atomic E-state index is 8.72. The Balaban J connectivity index is 2.25. The van der Waals surface area contributed by atoms with Crippen molar-refractivity contribution in [3.63, 3.8) is 0 Å². The van der Waals surface area contributed by atoms with Crippen LogP contribution in [0.4, 0.5) is 11.5 Å². The highest BCUT2D eigenvalue weighted by molar-refractivity contribution is 6.32. The molecule has 5 heteroatoms. The monoisotopic (exact) mass is 263 g/mol. The Kier molecular flexibility index (Phi) is 3.48. The van der Waals surface area contributed by atoms with Crippen molar-refractivity contribution in [2.24, 2.45) is 0 Å². The molecule has 0 unspecified atom stereocenters. The summed E-state index contributed by atoms with van der Waals surface area (Å²) in [5.74, 6) is 0.566. The minimum atomic E-state index is 0.350. The molecule has 0 saturated heterocycles. The lowest BCUT2D eigenvalue weighted by Crippen LogP contribution is -1.94. The molecule has 1 N–H and O–H groups in total. The number of nitrogens with one attached hydrogen (secondary N) is 1. The van der Waals surface area contributed by atoms with Gasteiger partial charge in [0, 0.05) is 23.0 Å². The number of anilines is 2. The summed E-state index contributed by atoms with van der Waals surface area (Å²) in [7, 11) is 0. The number of nitriles is 1. The second kappa shape index (κ2) is 5.05. The minimum absolute atomic E-state index is 0.350. The third-order valence-electron chi connectivity index (χ3n) is 2.07. The number of hydrogen-bond acceptors (Lipinski definition) is 3. The second-order valence-electron chi connectivity index (χ2n) is 3.30. The lowest BCUT2D eigenvalue weighted by molar-refractivity contribution is 1.29. The SMILES string of the molecule is N#Cc1cnc(Nc2cccc(Cl)c2)cc1Cl. The van der Waals surface area contributed by atoms with Crippen LogP contribution in [0.25, 0.3) is 0 Å². The predicted molar refractivity (Wildman–Crippen MR) is 68.7 cm³/mol. The molecule has 0 fully saturated rings. The van der Waals surface area contributed by atoms with E-state index in [0.717, 1.165) is 5.69 Å². The Bertz CT molecular complexity index is 591. The summed E-state index contributed by atoms with van der Waals surface area (Å²) in [6.07, 6.45) is 1.43. The molecule has 0 spiro atoms. The Morgan fingerprint density at radius 3 is 2.71 bits per heavy atom. The van der Waals surface area contributed by atoms with E-state index >= 15 is 0 Å². The van der Waals surface area contributed by atoms with Crippen LogP contribution in [0.1, 0.15) is 5.56 Å². The van der Waals surface area contributed by atoms with Gasteiger partial charge in [-0.3, -0.25) is 0 Å². The zero-order valence-corrected chi connectivity index (χ0v) is 10.1. The van der Waals surface area contributed by atoms with Crippen LogP contribution in [0.15, 0.2) is 36.5 Å². The molecule has 84 valence electrons. The molecule has 2 aromatic rings. The molecule has 0 aliphatic carbocycles. The first-order valence-electron chi connectivity index (χ1n) is 4.77. The summed E-state index contributed by atoms with van der Waals surface area (Å²) < 4.78 is 0. The summed E-state index contributed by atoms with van der Waals surface area (Å²) in [6, 6.07) is 10.8. The van der Waals surface area contributed by atoms with Gasteiger partial charge in [-0.2, -0.15) is 5.26 Å². The molecule has 0 saturated carbocycles. The van der Waals surface area contributed by atoms with E-state index in [1.165, 1.54) is 6.20 Å². The van der Waals surface area contributed by atoms with Crippen molar-refractivity contribution in [2.75, 3.05) is 5.32 Å². The maximum atomic E-state index is 8.72. The normalized spacial score (nSPS) is 9.71. The van der Waals surface area contributed by atoms with E-state index < -0.39 is 0 Å². The van der Waals surface area contributed by atoms with Crippen molar-refractivity contribution < 1.29 is 0 Å². The van der Waals surface area contributed by atoms with E-state index in [4.69, 9.17) is 28.5 Å². The molecule has 0 atom stereocenters. The minimum Gasteiger partial charge on any atom is -0.340 e. The largest absolute Gasteiger partial charge is 0.340 e. The van der Waals surface area contributed by atoms with Crippen LogP contribution in [-0.2, 0) is 0 Å². The van der Waals surface area contributed by atoms with E-state index in [9.17, 15) is 0 Å². The van der Waals surface area contributed by atoms with Crippen molar-refractivity contribution in [3.05, 3.63) is 52.1 Å². The van der Waals surface area contributed by atoms with Gasteiger partial charge in [-0.25, -0.2) is 4.98 Å². The fourth-order valence-electron chi connectivity index (χ4n) is 1.30. The number of rotatable bonds is 2. The molecule has 2 rings (SSSR count). The molecule has 3 nitrogen and oxygen atoms in total. The fraction of sp³-hybridized carbons (Fsp3) is 0. The van der Waals surface area contributed by atoms with Crippen molar-refractivity contribution >= 4 is 34.7 Å². The highest BCUT2D eigenvalue weighted by Gasteiger charge is 2.02. The van der Waals surface area contributed by atoms with E-state index in [1.54, 1.807) is 18.2 Å². The molecular formula is C12H7Cl2N3. The van der Waals surface area contributed by atoms with Gasteiger partial charge in [0.05, 0.1) is 10.6 Å². The Morgan fingerprint density at radius 2 is 2.06 bits per heavy atom. The lowest BCUT2D eigenvalue weighted by Gasteiger charge is -2.06. The fourth-order valence-corrected chi connectivity index (χ4v) is 1.68. The summed E-state index contributed by atoms with van der Waals surface area (Å²) in [5, 5.41) is 12.8. The molecule has 1 aromatic heterocycles. The first-order valence-corrected chi connectivity index (χ1v) is 5.53. The molecule has 0 radical (unpaired) electrons. The zero-order valence-electron chi connectivity index (χ0n) is 8.61. The quantitative estimate of drug-likeness (QED) is 0.891. The number of benzene rings is 1. The van der Waals surface area contributed by atoms with Crippen molar-refractivity contribution in [3.8, 4) is 6.07 Å². The van der Waals surface area contributed by atoms with Gasteiger partial charge in [0.1, 0.15) is 11.9 Å². The molecular weight excluding hydrogens is 257 g/mol. The predicted octanol–water partition coefficient (Wildman–Crippen LogP) is 4.00. The lowest BCUT2D eigenvalue weighted by atomic mass is 10.3. The number of nitrogens with zero attached hydrogens (tertiary/aromatic N) is 2. The van der Waals surface area contributed by atoms with E-state index in [2.05, 4.69) is 10.3 Å². The first kappa shape index (κ1) is 11.7. The van der Waals surface area contributed by atoms with Gasteiger partial charge >= 0.3 is 0 Å². The van der Waals surface area contributed by atoms with Gasteiger partial charge in [0.25, 0.3) is 0 Å². The first-order chi connectivity index (χ1) is 8.19. The third kappa shape index (κ3) is 2.88.